The van der Waals surface area contributed by atoms with E-state index in [2.05, 4.69) is 5.73 Å². The molecule has 0 bridgehead atoms. The van der Waals surface area contributed by atoms with Crippen molar-refractivity contribution in [2.45, 2.75) is 0 Å². The second-order valence-electron chi connectivity index (χ2n) is 14.3. The van der Waals surface area contributed by atoms with Crippen molar-refractivity contribution in [1.82, 2.24) is 0 Å². The monoisotopic (exact) mass is 1050 g/mol. The van der Waals surface area contributed by atoms with Gasteiger partial charge in [-0.3, -0.25) is 0 Å². The molecule has 8 rings (SSSR count). The van der Waals surface area contributed by atoms with Gasteiger partial charge < -0.3 is 5.73 Å². The summed E-state index contributed by atoms with van der Waals surface area (Å²) in [5, 5.41) is -27.0. The van der Waals surface area contributed by atoms with Crippen molar-refractivity contribution in [2.24, 2.45) is 5.73 Å². The van der Waals surface area contributed by atoms with Gasteiger partial charge >= 0.3 is 0 Å². The van der Waals surface area contributed by atoms with Crippen molar-refractivity contribution in [3.05, 3.63) is 163 Å². The van der Waals surface area contributed by atoms with E-state index in [0.29, 0.717) is 0 Å². The number of rotatable bonds is 4. The molecule has 0 spiro atoms. The highest BCUT2D eigenvalue weighted by Gasteiger charge is 2.52. The fourth-order valence-corrected chi connectivity index (χ4v) is 8.59. The first-order chi connectivity index (χ1) is 33.0. The maximum atomic E-state index is 17.3. The van der Waals surface area contributed by atoms with Crippen molar-refractivity contribution < 1.29 is 123 Å². The van der Waals surface area contributed by atoms with Gasteiger partial charge in [0.05, 0.1) is 21.5 Å². The summed E-state index contributed by atoms with van der Waals surface area (Å²) < 4.78 is 446. The molecule has 2 N–H and O–H groups in total. The summed E-state index contributed by atoms with van der Waals surface area (Å²) in [6.07, 6.45) is -8.05. The van der Waals surface area contributed by atoms with Gasteiger partial charge in [0.15, 0.2) is 140 Å². The number of hydrogen-bond donors (Lipinski definition) is 1. The van der Waals surface area contributed by atoms with Crippen LogP contribution in [0.25, 0.3) is 43.1 Å². The smallest absolute Gasteiger partial charge is 0.198 e. The third kappa shape index (κ3) is 6.26. The Labute approximate surface area is 369 Å². The normalized spacial score (nSPS) is 12.1. The van der Waals surface area contributed by atoms with Crippen LogP contribution in [-0.2, 0) is 0 Å². The first-order valence-electron chi connectivity index (χ1n) is 18.0. The van der Waals surface area contributed by atoms with E-state index in [-0.39, 0.29) is 0 Å². The van der Waals surface area contributed by atoms with Crippen molar-refractivity contribution in [3.63, 3.8) is 0 Å². The molecule has 0 atom stereocenters. The van der Waals surface area contributed by atoms with E-state index >= 15 is 105 Å². The summed E-state index contributed by atoms with van der Waals surface area (Å²) in [5.74, 6) is -104. The first kappa shape index (κ1) is 51.7. The molecule has 8 aromatic carbocycles. The van der Waals surface area contributed by atoms with Gasteiger partial charge in [-0.25, -0.2) is 123 Å². The highest BCUT2D eigenvalue weighted by Crippen LogP contribution is 2.42. The Balaban J connectivity index is 0.00000366. The van der Waals surface area contributed by atoms with Crippen LogP contribution in [0, 0.1) is 163 Å². The van der Waals surface area contributed by atoms with E-state index in [1.807, 2.05) is 0 Å². The zero-order chi connectivity index (χ0) is 53.6. The lowest BCUT2D eigenvalue weighted by molar-refractivity contribution is 0.410. The molecule has 71 heavy (non-hydrogen) atoms. The molecule has 374 valence electrons. The van der Waals surface area contributed by atoms with Gasteiger partial charge in [0.2, 0.25) is 0 Å². The highest BCUT2D eigenvalue weighted by atomic mass is 19.2. The maximum absolute atomic E-state index is 17.3. The fraction of sp³-hybridized carbons (Fsp3) is 0.0244. The Morgan fingerprint density at radius 1 is 0.155 bits per heavy atom. The van der Waals surface area contributed by atoms with Gasteiger partial charge in [-0.1, -0.05) is 0 Å². The minimum Gasteiger partial charge on any atom is -0.333 e. The van der Waals surface area contributed by atoms with Crippen LogP contribution in [0.4, 0.5) is 123 Å². The van der Waals surface area contributed by atoms with Crippen LogP contribution in [-0.4, -0.2) is 13.2 Å². The van der Waals surface area contributed by atoms with Crippen molar-refractivity contribution in [3.8, 4) is 0 Å². The van der Waals surface area contributed by atoms with Gasteiger partial charge in [0.25, 0.3) is 0 Å². The number of fused-ring (bicyclic) bond motifs is 4. The Morgan fingerprint density at radius 2 is 0.254 bits per heavy atom. The van der Waals surface area contributed by atoms with Crippen LogP contribution in [0.1, 0.15) is 0 Å². The fourth-order valence-electron chi connectivity index (χ4n) is 8.59. The first-order valence-corrected chi connectivity index (χ1v) is 18.0. The molecule has 0 aliphatic heterocycles. The molecule has 0 aliphatic carbocycles. The summed E-state index contributed by atoms with van der Waals surface area (Å²) >= 11 is 0. The molecule has 0 saturated carbocycles. The second kappa shape index (κ2) is 17.0. The lowest BCUT2D eigenvalue weighted by atomic mass is 9.11. The maximum Gasteiger partial charge on any atom is 0.198 e. The molecule has 8 aromatic rings. The molecule has 0 aromatic heterocycles. The van der Waals surface area contributed by atoms with Crippen LogP contribution >= 0.6 is 0 Å². The summed E-state index contributed by atoms with van der Waals surface area (Å²) in [6.45, 7) is 0. The summed E-state index contributed by atoms with van der Waals surface area (Å²) in [6, 6.07) is 0. The zero-order valence-corrected chi connectivity index (χ0v) is 32.7. The predicted octanol–water partition coefficient (Wildman–Crippen LogP) is 11.1. The summed E-state index contributed by atoms with van der Waals surface area (Å²) in [4.78, 5) is 0. The molecular weight excluding hydrogens is 1050 g/mol. The summed E-state index contributed by atoms with van der Waals surface area (Å²) in [7, 11) is 1.50. The lowest BCUT2D eigenvalue weighted by Crippen LogP contribution is -2.79. The minimum atomic E-state index is -8.05. The molecule has 0 heterocycles. The van der Waals surface area contributed by atoms with E-state index in [1.54, 1.807) is 0 Å². The molecule has 0 fully saturated rings. The van der Waals surface area contributed by atoms with Crippen molar-refractivity contribution in [2.75, 3.05) is 7.05 Å². The Hall–Kier alpha value is -7.14. The Morgan fingerprint density at radius 3 is 0.380 bits per heavy atom. The SMILES string of the molecule is CN.Fc1c(F)c(F)c2c([B-](c3c(F)c(F)c(F)c4c(F)c(F)c(F)c(F)c34)(c3c(F)c(F)c(F)c4c(F)c(F)c(F)c(F)c34)c3c(F)c(F)c(F)c4c(F)c(F)c(F)c(F)c34)c(F)c(F)c(F)c2c1F. The highest BCUT2D eigenvalue weighted by molar-refractivity contribution is 7.23. The van der Waals surface area contributed by atoms with Crippen molar-refractivity contribution in [1.29, 1.82) is 0 Å². The van der Waals surface area contributed by atoms with Crippen LogP contribution in [0.3, 0.4) is 0 Å². The van der Waals surface area contributed by atoms with Gasteiger partial charge in [0, 0.05) is 0 Å². The van der Waals surface area contributed by atoms with E-state index in [4.69, 9.17) is 0 Å². The molecule has 1 nitrogen and oxygen atoms in total. The molecule has 0 radical (unpaired) electrons. The largest absolute Gasteiger partial charge is 0.333 e. The third-order valence-corrected chi connectivity index (χ3v) is 11.2. The number of hydrogen-bond acceptors (Lipinski definition) is 1. The third-order valence-electron chi connectivity index (χ3n) is 11.2. The molecule has 0 amide bonds. The molecule has 30 heteroatoms. The quantitative estimate of drug-likeness (QED) is 0.0808. The van der Waals surface area contributed by atoms with Crippen LogP contribution < -0.4 is 27.6 Å². The molecule has 0 aliphatic rings. The predicted molar refractivity (Wildman–Crippen MR) is 189 cm³/mol. The van der Waals surface area contributed by atoms with Gasteiger partial charge in [-0.2, -0.15) is 0 Å². The molecule has 0 unspecified atom stereocenters. The average molecular weight is 1050 g/mol. The standard InChI is InChI=1S/C40BF28.CH5N/c42-13-1-5(21(50)37(66)33(13)62)17(46)29(58)25(54)9(1)41(10-2-6(18(47)30(59)26(10)55)22(51)38(67)34(63)14(2)43,11-3-7(19(48)31(60)27(11)56)23(52)39(68)35(64)15(3)44)12-4-8(20(49)32(61)28(12)57)24(53)40(69)36(65)16(4)45;1-2/h;2H2,1H3/q-1;. The van der Waals surface area contributed by atoms with E-state index in [1.165, 1.54) is 7.05 Å². The van der Waals surface area contributed by atoms with Gasteiger partial charge in [-0.15, -0.1) is 21.9 Å². The number of nitrogens with two attached hydrogens (primary N) is 1. The lowest BCUT2D eigenvalue weighted by Gasteiger charge is -2.47. The Bertz CT molecular complexity index is 3260. The molecular formula is C41H5BF28N-. The minimum absolute atomic E-state index is 1.50. The van der Waals surface area contributed by atoms with Gasteiger partial charge in [-0.05, 0) is 28.6 Å². The van der Waals surface area contributed by atoms with Crippen LogP contribution in [0.2, 0.25) is 0 Å². The Kier molecular flexibility index (Phi) is 12.4. The van der Waals surface area contributed by atoms with Crippen molar-refractivity contribution >= 4 is 71.1 Å². The number of benzene rings is 8. The second-order valence-corrected chi connectivity index (χ2v) is 14.3. The van der Waals surface area contributed by atoms with Gasteiger partial charge in [0.1, 0.15) is 29.4 Å². The zero-order valence-electron chi connectivity index (χ0n) is 32.7. The van der Waals surface area contributed by atoms with E-state index in [0.717, 1.165) is 0 Å². The van der Waals surface area contributed by atoms with Crippen LogP contribution in [0.5, 0.6) is 0 Å². The van der Waals surface area contributed by atoms with E-state index < -0.39 is 234 Å². The van der Waals surface area contributed by atoms with Crippen LogP contribution in [0.15, 0.2) is 0 Å². The van der Waals surface area contributed by atoms with E-state index in [9.17, 15) is 17.6 Å². The number of halogens is 28. The topological polar surface area (TPSA) is 26.0 Å². The average Bonchev–Trinajstić information content (AvgIpc) is 3.34. The molecule has 0 saturated heterocycles. The summed E-state index contributed by atoms with van der Waals surface area (Å²) in [5.41, 5.74) is -11.0.